The van der Waals surface area contributed by atoms with Gasteiger partial charge in [0.2, 0.25) is 0 Å². The van der Waals surface area contributed by atoms with Crippen LogP contribution >= 0.6 is 0 Å². The molecular weight excluding hydrogens is 372 g/mol. The zero-order valence-corrected chi connectivity index (χ0v) is 14.4. The maximum absolute atomic E-state index is 12.9. The van der Waals surface area contributed by atoms with E-state index in [4.69, 9.17) is 0 Å². The molecule has 8 heteroatoms. The summed E-state index contributed by atoms with van der Waals surface area (Å²) in [4.78, 5) is 0. The number of rotatable bonds is 3. The number of hydrazine groups is 1. The van der Waals surface area contributed by atoms with Crippen LogP contribution in [0.1, 0.15) is 19.8 Å². The molecule has 0 aromatic heterocycles. The number of hydrogen-bond acceptors (Lipinski definition) is 4. The summed E-state index contributed by atoms with van der Waals surface area (Å²) in [5.41, 5.74) is 3.96. The Hall–Kier alpha value is -0.951. The molecule has 1 saturated carbocycles. The zero-order valence-electron chi connectivity index (χ0n) is 12.7. The molecule has 126 valence electrons. The summed E-state index contributed by atoms with van der Waals surface area (Å²) < 4.78 is 39.1. The predicted octanol–water partition coefficient (Wildman–Crippen LogP) is 1.38. The molecule has 3 aliphatic heterocycles. The van der Waals surface area contributed by atoms with Crippen LogP contribution in [0.4, 0.5) is 13.2 Å². The van der Waals surface area contributed by atoms with Crippen molar-refractivity contribution in [3.63, 3.8) is 0 Å². The van der Waals surface area contributed by atoms with Gasteiger partial charge in [0, 0.05) is 0 Å². The molecule has 4 nitrogen and oxygen atoms in total. The molecule has 2 fully saturated rings. The summed E-state index contributed by atoms with van der Waals surface area (Å²) in [7, 11) is 0. The molecule has 23 heavy (non-hydrogen) atoms. The Bertz CT molecular complexity index is 612. The summed E-state index contributed by atoms with van der Waals surface area (Å²) in [5, 5.41) is 4.68. The fraction of sp³-hybridized carbons (Fsp3) is 0.600. The van der Waals surface area contributed by atoms with Gasteiger partial charge in [-0.1, -0.05) is 0 Å². The van der Waals surface area contributed by atoms with E-state index in [0.717, 1.165) is 31.8 Å². The van der Waals surface area contributed by atoms with Gasteiger partial charge >= 0.3 is 139 Å². The summed E-state index contributed by atoms with van der Waals surface area (Å²) in [5.74, 6) is 1.49. The van der Waals surface area contributed by atoms with Crippen LogP contribution in [0.2, 0.25) is 0 Å². The van der Waals surface area contributed by atoms with Crippen LogP contribution in [0.15, 0.2) is 34.2 Å². The van der Waals surface area contributed by atoms with Crippen molar-refractivity contribution in [1.29, 1.82) is 0 Å². The third kappa shape index (κ3) is 2.82. The van der Waals surface area contributed by atoms with Gasteiger partial charge < -0.3 is 0 Å². The van der Waals surface area contributed by atoms with Gasteiger partial charge in [0.15, 0.2) is 0 Å². The molecule has 0 bridgehead atoms. The van der Waals surface area contributed by atoms with Gasteiger partial charge in [-0.25, -0.2) is 0 Å². The number of piperidine rings is 1. The Morgan fingerprint density at radius 2 is 2.26 bits per heavy atom. The van der Waals surface area contributed by atoms with E-state index in [9.17, 15) is 13.2 Å². The second kappa shape index (κ2) is 5.28. The summed E-state index contributed by atoms with van der Waals surface area (Å²) in [6, 6.07) is -0.292. The molecule has 3 heterocycles. The minimum atomic E-state index is -4.13. The normalized spacial score (nSPS) is 35.8. The first-order valence-corrected chi connectivity index (χ1v) is 9.53. The second-order valence-electron chi connectivity index (χ2n) is 6.53. The van der Waals surface area contributed by atoms with Crippen molar-refractivity contribution in [2.75, 3.05) is 13.1 Å². The van der Waals surface area contributed by atoms with Crippen molar-refractivity contribution < 1.29 is 13.2 Å². The molecule has 4 aliphatic rings. The first-order chi connectivity index (χ1) is 10.9. The van der Waals surface area contributed by atoms with E-state index in [0.29, 0.717) is 16.1 Å². The van der Waals surface area contributed by atoms with Crippen molar-refractivity contribution >= 4 is 15.0 Å². The topological polar surface area (TPSA) is 39.3 Å². The van der Waals surface area contributed by atoms with Crippen LogP contribution in [-0.2, 0) is 0 Å². The van der Waals surface area contributed by atoms with Gasteiger partial charge in [-0.3, -0.25) is 0 Å². The van der Waals surface area contributed by atoms with Crippen LogP contribution in [0, 0.1) is 5.92 Å². The molecule has 0 amide bonds. The zero-order chi connectivity index (χ0) is 16.2. The molecule has 3 atom stereocenters. The molecule has 3 N–H and O–H groups in total. The van der Waals surface area contributed by atoms with Crippen molar-refractivity contribution in [2.45, 2.75) is 36.4 Å². The molecule has 0 radical (unpaired) electrons. The third-order valence-electron chi connectivity index (χ3n) is 4.93. The SMILES string of the molecule is CC1NN2C(NC34CCNCC3C4)=CC=CC2=C1[Se]C(F)(F)F. The van der Waals surface area contributed by atoms with Crippen LogP contribution in [0.3, 0.4) is 0 Å². The quantitative estimate of drug-likeness (QED) is 0.636. The molecular formula is C15H19F3N4Se. The minimum absolute atomic E-state index is 0.121. The van der Waals surface area contributed by atoms with E-state index < -0.39 is 20.0 Å². The Morgan fingerprint density at radius 3 is 3.00 bits per heavy atom. The van der Waals surface area contributed by atoms with Gasteiger partial charge in [-0.15, -0.1) is 0 Å². The van der Waals surface area contributed by atoms with Crippen molar-refractivity contribution in [2.24, 2.45) is 5.92 Å². The molecule has 3 unspecified atom stereocenters. The van der Waals surface area contributed by atoms with Gasteiger partial charge in [0.05, 0.1) is 0 Å². The molecule has 1 saturated heterocycles. The van der Waals surface area contributed by atoms with Gasteiger partial charge in [0.1, 0.15) is 0 Å². The average Bonchev–Trinajstić information content (AvgIpc) is 3.11. The van der Waals surface area contributed by atoms with Crippen LogP contribution in [0.25, 0.3) is 0 Å². The number of nitrogens with one attached hydrogen (secondary N) is 3. The van der Waals surface area contributed by atoms with E-state index in [1.54, 1.807) is 18.0 Å². The Kier molecular flexibility index (Phi) is 3.57. The number of fused-ring (bicyclic) bond motifs is 2. The summed E-state index contributed by atoms with van der Waals surface area (Å²) in [6.45, 7) is 3.80. The maximum atomic E-state index is 12.9. The Labute approximate surface area is 139 Å². The van der Waals surface area contributed by atoms with Crippen LogP contribution in [-0.4, -0.2) is 49.7 Å². The van der Waals surface area contributed by atoms with Crippen LogP contribution < -0.4 is 16.1 Å². The number of allylic oxidation sites excluding steroid dienone is 3. The summed E-state index contributed by atoms with van der Waals surface area (Å²) in [6.07, 6.45) is 7.74. The first kappa shape index (κ1) is 15.6. The molecule has 1 aliphatic carbocycles. The monoisotopic (exact) mass is 392 g/mol. The van der Waals surface area contributed by atoms with E-state index in [1.807, 2.05) is 12.2 Å². The first-order valence-electron chi connectivity index (χ1n) is 7.81. The Balaban J connectivity index is 1.55. The standard InChI is InChI=1S/C15H19F3N4Se/c1-9-13(23-15(16,17)18)11-3-2-4-12(22(11)21-9)20-14-5-6-19-8-10(14)7-14/h2-4,9-10,19-21H,5-8H2,1H3. The third-order valence-corrected chi connectivity index (χ3v) is 7.06. The fourth-order valence-electron chi connectivity index (χ4n) is 3.69. The number of nitrogens with zero attached hydrogens (tertiary/aromatic N) is 1. The predicted molar refractivity (Wildman–Crippen MR) is 82.0 cm³/mol. The summed E-state index contributed by atoms with van der Waals surface area (Å²) >= 11 is -1.51. The van der Waals surface area contributed by atoms with Crippen molar-refractivity contribution in [1.82, 2.24) is 21.1 Å². The van der Waals surface area contributed by atoms with Gasteiger partial charge in [-0.2, -0.15) is 0 Å². The molecule has 0 spiro atoms. The molecule has 0 aromatic carbocycles. The fourth-order valence-corrected chi connectivity index (χ4v) is 5.25. The Morgan fingerprint density at radius 1 is 1.43 bits per heavy atom. The number of halogens is 3. The second-order valence-corrected chi connectivity index (χ2v) is 8.85. The van der Waals surface area contributed by atoms with Crippen molar-refractivity contribution in [3.05, 3.63) is 34.2 Å². The molecule has 0 aromatic rings. The van der Waals surface area contributed by atoms with E-state index in [-0.39, 0.29) is 11.6 Å². The number of hydrogen-bond donors (Lipinski definition) is 3. The number of alkyl halides is 3. The van der Waals surface area contributed by atoms with Gasteiger partial charge in [-0.05, 0) is 0 Å². The van der Waals surface area contributed by atoms with E-state index >= 15 is 0 Å². The van der Waals surface area contributed by atoms with E-state index in [1.165, 1.54) is 0 Å². The van der Waals surface area contributed by atoms with Gasteiger partial charge in [0.25, 0.3) is 0 Å². The average molecular weight is 391 g/mol. The van der Waals surface area contributed by atoms with Crippen molar-refractivity contribution in [3.8, 4) is 0 Å². The van der Waals surface area contributed by atoms with E-state index in [2.05, 4.69) is 16.1 Å². The molecule has 4 rings (SSSR count). The van der Waals surface area contributed by atoms with Crippen LogP contribution in [0.5, 0.6) is 0 Å².